The Morgan fingerprint density at radius 3 is 2.78 bits per heavy atom. The summed E-state index contributed by atoms with van der Waals surface area (Å²) in [5.74, 6) is 0.138. The average molecular weight is 379 g/mol. The fourth-order valence-electron chi connectivity index (χ4n) is 2.42. The minimum atomic E-state index is -4.54. The lowest BCUT2D eigenvalue weighted by Gasteiger charge is -2.15. The number of nitrogens with one attached hydrogen (secondary N) is 2. The summed E-state index contributed by atoms with van der Waals surface area (Å²) in [4.78, 5) is 16.0. The summed E-state index contributed by atoms with van der Waals surface area (Å²) in [6.45, 7) is 1.69. The van der Waals surface area contributed by atoms with Gasteiger partial charge in [0.2, 0.25) is 5.91 Å². The van der Waals surface area contributed by atoms with Gasteiger partial charge in [-0.05, 0) is 37.3 Å². The Balaban J connectivity index is 1.76. The molecule has 1 amide bonds. The number of aromatic nitrogens is 3. The molecule has 1 atom stereocenters. The number of carbonyl (C=O) groups excluding carboxylic acids is 1. The molecule has 3 rings (SSSR count). The average Bonchev–Trinajstić information content (AvgIpc) is 3.32. The number of benzene rings is 1. The number of halogens is 3. The minimum absolute atomic E-state index is 0.0206. The second kappa shape index (κ2) is 7.62. The largest absolute Gasteiger partial charge is 0.468 e. The van der Waals surface area contributed by atoms with Crippen LogP contribution in [0.4, 0.5) is 18.9 Å². The molecule has 0 spiro atoms. The van der Waals surface area contributed by atoms with Crippen molar-refractivity contribution in [1.29, 1.82) is 0 Å². The van der Waals surface area contributed by atoms with Crippen molar-refractivity contribution in [2.75, 3.05) is 11.9 Å². The normalized spacial score (nSPS) is 12.7. The maximum Gasteiger partial charge on any atom is 0.416 e. The molecular weight excluding hydrogens is 363 g/mol. The van der Waals surface area contributed by atoms with Crippen LogP contribution in [0.5, 0.6) is 0 Å². The van der Waals surface area contributed by atoms with Crippen molar-refractivity contribution in [3.63, 3.8) is 0 Å². The van der Waals surface area contributed by atoms with Crippen molar-refractivity contribution < 1.29 is 22.4 Å². The van der Waals surface area contributed by atoms with E-state index < -0.39 is 17.6 Å². The van der Waals surface area contributed by atoms with E-state index in [1.165, 1.54) is 29.7 Å². The van der Waals surface area contributed by atoms with E-state index in [9.17, 15) is 18.0 Å². The SMILES string of the molecule is C[C@H](NCC(=O)Nc1cc(C(F)(F)F)ccc1-n1cncn1)c1ccco1. The predicted octanol–water partition coefficient (Wildman–Crippen LogP) is 3.17. The van der Waals surface area contributed by atoms with Gasteiger partial charge in [0.1, 0.15) is 18.4 Å². The molecule has 2 aromatic heterocycles. The number of amides is 1. The topological polar surface area (TPSA) is 85.0 Å². The number of rotatable bonds is 6. The lowest BCUT2D eigenvalue weighted by Crippen LogP contribution is -2.30. The summed E-state index contributed by atoms with van der Waals surface area (Å²) in [6, 6.07) is 6.26. The first-order valence-corrected chi connectivity index (χ1v) is 7.97. The van der Waals surface area contributed by atoms with E-state index in [1.807, 2.05) is 0 Å². The van der Waals surface area contributed by atoms with E-state index in [0.29, 0.717) is 5.76 Å². The molecule has 10 heteroatoms. The molecule has 27 heavy (non-hydrogen) atoms. The maximum absolute atomic E-state index is 13.0. The number of hydrogen-bond donors (Lipinski definition) is 2. The molecule has 2 N–H and O–H groups in total. The van der Waals surface area contributed by atoms with Gasteiger partial charge in [0.05, 0.1) is 35.8 Å². The molecule has 3 aromatic rings. The molecule has 0 unspecified atom stereocenters. The molecule has 0 bridgehead atoms. The third-order valence-electron chi connectivity index (χ3n) is 3.80. The first kappa shape index (κ1) is 18.6. The van der Waals surface area contributed by atoms with Crippen LogP contribution < -0.4 is 10.6 Å². The number of anilines is 1. The van der Waals surface area contributed by atoms with Crippen LogP contribution in [0.3, 0.4) is 0 Å². The third-order valence-corrected chi connectivity index (χ3v) is 3.80. The van der Waals surface area contributed by atoms with Crippen LogP contribution in [0.15, 0.2) is 53.7 Å². The Hall–Kier alpha value is -3.14. The van der Waals surface area contributed by atoms with Crippen LogP contribution in [-0.4, -0.2) is 27.2 Å². The molecule has 142 valence electrons. The highest BCUT2D eigenvalue weighted by molar-refractivity contribution is 5.94. The summed E-state index contributed by atoms with van der Waals surface area (Å²) in [6.07, 6.45) is -0.446. The van der Waals surface area contributed by atoms with E-state index >= 15 is 0 Å². The molecule has 0 fully saturated rings. The van der Waals surface area contributed by atoms with Gasteiger partial charge in [0.15, 0.2) is 0 Å². The van der Waals surface area contributed by atoms with Crippen LogP contribution in [0, 0.1) is 0 Å². The Morgan fingerprint density at radius 2 is 2.15 bits per heavy atom. The Morgan fingerprint density at radius 1 is 1.33 bits per heavy atom. The highest BCUT2D eigenvalue weighted by Crippen LogP contribution is 2.33. The van der Waals surface area contributed by atoms with E-state index in [2.05, 4.69) is 20.7 Å². The van der Waals surface area contributed by atoms with Gasteiger partial charge < -0.3 is 9.73 Å². The minimum Gasteiger partial charge on any atom is -0.468 e. The van der Waals surface area contributed by atoms with E-state index in [1.54, 1.807) is 19.1 Å². The van der Waals surface area contributed by atoms with Gasteiger partial charge in [-0.25, -0.2) is 9.67 Å². The van der Waals surface area contributed by atoms with Gasteiger partial charge in [-0.2, -0.15) is 18.3 Å². The van der Waals surface area contributed by atoms with Crippen molar-refractivity contribution in [1.82, 2.24) is 20.1 Å². The first-order valence-electron chi connectivity index (χ1n) is 7.97. The van der Waals surface area contributed by atoms with E-state index in [4.69, 9.17) is 4.42 Å². The zero-order valence-corrected chi connectivity index (χ0v) is 14.2. The molecule has 0 saturated heterocycles. The molecule has 0 radical (unpaired) electrons. The summed E-state index contributed by atoms with van der Waals surface area (Å²) in [5, 5.41) is 9.33. The lowest BCUT2D eigenvalue weighted by molar-refractivity contribution is -0.137. The molecule has 1 aromatic carbocycles. The van der Waals surface area contributed by atoms with Crippen molar-refractivity contribution in [3.05, 3.63) is 60.6 Å². The Bertz CT molecular complexity index is 892. The van der Waals surface area contributed by atoms with Gasteiger partial charge in [0.25, 0.3) is 0 Å². The van der Waals surface area contributed by atoms with Crippen LogP contribution in [0.1, 0.15) is 24.3 Å². The molecule has 0 aliphatic carbocycles. The zero-order chi connectivity index (χ0) is 19.4. The fraction of sp³-hybridized carbons (Fsp3) is 0.235. The number of hydrogen-bond acceptors (Lipinski definition) is 5. The standard InChI is InChI=1S/C17H16F3N5O2/c1-11(15-3-2-6-27-15)22-8-16(26)24-13-7-12(17(18,19)20)4-5-14(13)25-10-21-9-23-25/h2-7,9-11,22H,8H2,1H3,(H,24,26)/t11-/m0/s1. The van der Waals surface area contributed by atoms with Crippen LogP contribution in [-0.2, 0) is 11.0 Å². The molecule has 0 saturated carbocycles. The fourth-order valence-corrected chi connectivity index (χ4v) is 2.42. The summed E-state index contributed by atoms with van der Waals surface area (Å²) in [5.41, 5.74) is -0.626. The lowest BCUT2D eigenvalue weighted by atomic mass is 10.1. The van der Waals surface area contributed by atoms with Crippen LogP contribution in [0.25, 0.3) is 5.69 Å². The van der Waals surface area contributed by atoms with Crippen LogP contribution in [0.2, 0.25) is 0 Å². The Kier molecular flexibility index (Phi) is 5.26. The summed E-state index contributed by atoms with van der Waals surface area (Å²) in [7, 11) is 0. The Labute approximate surface area is 152 Å². The highest BCUT2D eigenvalue weighted by Gasteiger charge is 2.31. The van der Waals surface area contributed by atoms with Gasteiger partial charge in [-0.15, -0.1) is 0 Å². The summed E-state index contributed by atoms with van der Waals surface area (Å²) < 4.78 is 45.6. The molecule has 0 aliphatic heterocycles. The van der Waals surface area contributed by atoms with Gasteiger partial charge in [0, 0.05) is 0 Å². The highest BCUT2D eigenvalue weighted by atomic mass is 19.4. The predicted molar refractivity (Wildman–Crippen MR) is 90.1 cm³/mol. The smallest absolute Gasteiger partial charge is 0.416 e. The second-order valence-electron chi connectivity index (χ2n) is 5.74. The molecular formula is C17H16F3N5O2. The number of furan rings is 1. The van der Waals surface area contributed by atoms with Crippen LogP contribution >= 0.6 is 0 Å². The molecule has 7 nitrogen and oxygen atoms in total. The molecule has 2 heterocycles. The van der Waals surface area contributed by atoms with E-state index in [0.717, 1.165) is 12.1 Å². The third kappa shape index (κ3) is 4.53. The van der Waals surface area contributed by atoms with Crippen molar-refractivity contribution in [3.8, 4) is 5.69 Å². The maximum atomic E-state index is 13.0. The number of nitrogens with zero attached hydrogens (tertiary/aromatic N) is 3. The number of carbonyl (C=O) groups is 1. The van der Waals surface area contributed by atoms with E-state index in [-0.39, 0.29) is 24.0 Å². The summed E-state index contributed by atoms with van der Waals surface area (Å²) >= 11 is 0. The zero-order valence-electron chi connectivity index (χ0n) is 14.2. The van der Waals surface area contributed by atoms with Gasteiger partial charge in [-0.3, -0.25) is 10.1 Å². The number of alkyl halides is 3. The van der Waals surface area contributed by atoms with Gasteiger partial charge in [-0.1, -0.05) is 0 Å². The van der Waals surface area contributed by atoms with Crippen molar-refractivity contribution in [2.24, 2.45) is 0 Å². The monoisotopic (exact) mass is 379 g/mol. The van der Waals surface area contributed by atoms with Crippen molar-refractivity contribution in [2.45, 2.75) is 19.1 Å². The quantitative estimate of drug-likeness (QED) is 0.687. The second-order valence-corrected chi connectivity index (χ2v) is 5.74. The van der Waals surface area contributed by atoms with Gasteiger partial charge >= 0.3 is 6.18 Å². The molecule has 0 aliphatic rings. The first-order chi connectivity index (χ1) is 12.8. The van der Waals surface area contributed by atoms with Crippen molar-refractivity contribution >= 4 is 11.6 Å².